The Hall–Kier alpha value is -2.79. The zero-order chi connectivity index (χ0) is 16.7. The average Bonchev–Trinajstić information content (AvgIpc) is 2.82. The van der Waals surface area contributed by atoms with Gasteiger partial charge in [-0.05, 0) is 0 Å². The first-order valence-corrected chi connectivity index (χ1v) is 6.83. The first-order valence-electron chi connectivity index (χ1n) is 6.83. The van der Waals surface area contributed by atoms with E-state index in [1.54, 1.807) is 17.8 Å². The van der Waals surface area contributed by atoms with Crippen LogP contribution in [0.2, 0.25) is 0 Å². The number of aromatic amines is 1. The molecule has 2 heterocycles. The lowest BCUT2D eigenvalue weighted by Crippen LogP contribution is -2.30. The van der Waals surface area contributed by atoms with E-state index in [9.17, 15) is 9.59 Å². The second-order valence-electron chi connectivity index (χ2n) is 4.09. The lowest BCUT2D eigenvalue weighted by molar-refractivity contribution is -0.119. The molecule has 2 aromatic heterocycles. The molecule has 0 aromatic carbocycles. The number of nitrogens with one attached hydrogen (secondary N) is 2. The van der Waals surface area contributed by atoms with Gasteiger partial charge < -0.3 is 21.4 Å². The molecule has 0 spiro atoms. The quantitative estimate of drug-likeness (QED) is 0.545. The molecule has 0 radical (unpaired) electrons. The molecule has 8 heteroatoms. The minimum absolute atomic E-state index is 0.0541. The van der Waals surface area contributed by atoms with Crippen LogP contribution in [0.3, 0.4) is 0 Å². The summed E-state index contributed by atoms with van der Waals surface area (Å²) in [5.74, 6) is 5.34. The van der Waals surface area contributed by atoms with Crippen LogP contribution in [-0.4, -0.2) is 33.5 Å². The number of hydrogen-bond donors (Lipinski definition) is 4. The van der Waals surface area contributed by atoms with E-state index in [4.69, 9.17) is 11.5 Å². The van der Waals surface area contributed by atoms with Crippen molar-refractivity contribution >= 4 is 22.9 Å². The zero-order valence-electron chi connectivity index (χ0n) is 12.9. The van der Waals surface area contributed by atoms with E-state index in [-0.39, 0.29) is 30.5 Å². The summed E-state index contributed by atoms with van der Waals surface area (Å²) >= 11 is 0. The molecule has 0 atom stereocenters. The van der Waals surface area contributed by atoms with E-state index in [2.05, 4.69) is 27.1 Å². The maximum atomic E-state index is 11.9. The van der Waals surface area contributed by atoms with Crippen molar-refractivity contribution in [2.45, 2.75) is 13.8 Å². The molecule has 22 heavy (non-hydrogen) atoms. The lowest BCUT2D eigenvalue weighted by Gasteiger charge is -1.95. The van der Waals surface area contributed by atoms with Gasteiger partial charge >= 0.3 is 0 Å². The average molecular weight is 304 g/mol. The predicted molar refractivity (Wildman–Crippen MR) is 86.0 cm³/mol. The number of nitrogen functional groups attached to an aromatic ring is 1. The fraction of sp³-hybridized carbons (Fsp3) is 0.357. The van der Waals surface area contributed by atoms with Crippen LogP contribution in [0.15, 0.2) is 11.0 Å². The van der Waals surface area contributed by atoms with Crippen molar-refractivity contribution < 1.29 is 4.79 Å². The molecule has 0 unspecified atom stereocenters. The maximum Gasteiger partial charge on any atom is 0.263 e. The Bertz CT molecular complexity index is 778. The van der Waals surface area contributed by atoms with Gasteiger partial charge in [-0.3, -0.25) is 14.6 Å². The molecule has 8 nitrogen and oxygen atoms in total. The molecule has 0 aliphatic carbocycles. The van der Waals surface area contributed by atoms with Gasteiger partial charge in [0.25, 0.3) is 5.56 Å². The fourth-order valence-electron chi connectivity index (χ4n) is 1.74. The molecule has 118 valence electrons. The van der Waals surface area contributed by atoms with Gasteiger partial charge in [-0.25, -0.2) is 0 Å². The van der Waals surface area contributed by atoms with Crippen molar-refractivity contribution in [2.75, 3.05) is 18.8 Å². The number of hydrogen-bond acceptors (Lipinski definition) is 5. The first-order chi connectivity index (χ1) is 10.5. The smallest absolute Gasteiger partial charge is 0.263 e. The third-order valence-corrected chi connectivity index (χ3v) is 2.63. The van der Waals surface area contributed by atoms with Gasteiger partial charge in [0.1, 0.15) is 0 Å². The number of carbonyl (C=O) groups excluding carboxylic acids is 1. The van der Waals surface area contributed by atoms with Crippen molar-refractivity contribution in [3.63, 3.8) is 0 Å². The van der Waals surface area contributed by atoms with Crippen LogP contribution in [0.1, 0.15) is 19.4 Å². The van der Waals surface area contributed by atoms with Gasteiger partial charge in [0.15, 0.2) is 5.65 Å². The number of aryl methyl sites for hydroxylation is 1. The Kier molecular flexibility index (Phi) is 6.16. The van der Waals surface area contributed by atoms with Crippen molar-refractivity contribution in [1.82, 2.24) is 19.9 Å². The van der Waals surface area contributed by atoms with E-state index in [1.165, 1.54) is 0 Å². The fourth-order valence-corrected chi connectivity index (χ4v) is 1.74. The molecule has 6 N–H and O–H groups in total. The minimum Gasteiger partial charge on any atom is -0.369 e. The van der Waals surface area contributed by atoms with Crippen LogP contribution in [0.5, 0.6) is 0 Å². The molecule has 1 amide bonds. The van der Waals surface area contributed by atoms with Crippen LogP contribution in [0.4, 0.5) is 5.95 Å². The highest BCUT2D eigenvalue weighted by atomic mass is 16.1. The molecule has 0 fully saturated rings. The molecule has 2 aromatic rings. The topological polar surface area (TPSA) is 132 Å². The molecule has 0 bridgehead atoms. The van der Waals surface area contributed by atoms with Crippen LogP contribution in [0.25, 0.3) is 11.0 Å². The van der Waals surface area contributed by atoms with Gasteiger partial charge in [0.05, 0.1) is 24.0 Å². The summed E-state index contributed by atoms with van der Waals surface area (Å²) in [6.45, 7) is 4.07. The number of rotatable bonds is 2. The van der Waals surface area contributed by atoms with Gasteiger partial charge in [0.2, 0.25) is 11.9 Å². The Morgan fingerprint density at radius 3 is 2.82 bits per heavy atom. The standard InChI is InChI=1S/C12H14N6O2.C2H6/c1-18-6-7(3-2-4-15-8(19)5-13)9-10(18)16-12(14)17-11(9)20;1-2/h6H,4-5,13H2,1H3,(H,15,19)(H3,14,16,17,20);1-2H3. The number of nitrogens with two attached hydrogens (primary N) is 2. The third-order valence-electron chi connectivity index (χ3n) is 2.63. The Balaban J connectivity index is 0.00000116. The lowest BCUT2D eigenvalue weighted by atomic mass is 10.2. The van der Waals surface area contributed by atoms with Crippen molar-refractivity contribution in [3.8, 4) is 11.8 Å². The molecular weight excluding hydrogens is 284 g/mol. The number of carbonyl (C=O) groups is 1. The van der Waals surface area contributed by atoms with Gasteiger partial charge in [-0.15, -0.1) is 0 Å². The van der Waals surface area contributed by atoms with Crippen LogP contribution >= 0.6 is 0 Å². The number of nitrogens with zero attached hydrogens (tertiary/aromatic N) is 2. The molecule has 2 rings (SSSR count). The van der Waals surface area contributed by atoms with Crippen LogP contribution in [0, 0.1) is 11.8 Å². The van der Waals surface area contributed by atoms with Crippen molar-refractivity contribution in [3.05, 3.63) is 22.1 Å². The van der Waals surface area contributed by atoms with Crippen molar-refractivity contribution in [1.29, 1.82) is 0 Å². The summed E-state index contributed by atoms with van der Waals surface area (Å²) in [4.78, 5) is 29.3. The highest BCUT2D eigenvalue weighted by molar-refractivity contribution is 5.83. The van der Waals surface area contributed by atoms with Gasteiger partial charge in [0, 0.05) is 13.2 Å². The molecular formula is C14H20N6O2. The van der Waals surface area contributed by atoms with Gasteiger partial charge in [-0.1, -0.05) is 25.7 Å². The van der Waals surface area contributed by atoms with E-state index in [0.717, 1.165) is 0 Å². The highest BCUT2D eigenvalue weighted by Crippen LogP contribution is 2.13. The highest BCUT2D eigenvalue weighted by Gasteiger charge is 2.10. The summed E-state index contributed by atoms with van der Waals surface area (Å²) in [5, 5.41) is 2.89. The molecule has 0 aliphatic heterocycles. The number of aromatic nitrogens is 3. The van der Waals surface area contributed by atoms with Crippen molar-refractivity contribution in [2.24, 2.45) is 12.8 Å². The second-order valence-corrected chi connectivity index (χ2v) is 4.09. The third kappa shape index (κ3) is 3.86. The number of H-pyrrole nitrogens is 1. The van der Waals surface area contributed by atoms with Gasteiger partial charge in [-0.2, -0.15) is 4.98 Å². The molecule has 0 aliphatic rings. The second kappa shape index (κ2) is 7.85. The molecule has 0 saturated carbocycles. The Morgan fingerprint density at radius 2 is 2.18 bits per heavy atom. The van der Waals surface area contributed by atoms with Crippen LogP contribution in [-0.2, 0) is 11.8 Å². The Labute approximate surface area is 127 Å². The number of fused-ring (bicyclic) bond motifs is 1. The monoisotopic (exact) mass is 304 g/mol. The predicted octanol–water partition coefficient (Wildman–Crippen LogP) is -0.704. The summed E-state index contributed by atoms with van der Waals surface area (Å²) in [6, 6.07) is 0. The summed E-state index contributed by atoms with van der Waals surface area (Å²) in [6.07, 6.45) is 1.68. The maximum absolute atomic E-state index is 11.9. The van der Waals surface area contributed by atoms with E-state index in [1.807, 2.05) is 13.8 Å². The van der Waals surface area contributed by atoms with E-state index >= 15 is 0 Å². The summed E-state index contributed by atoms with van der Waals surface area (Å²) in [5.41, 5.74) is 11.3. The summed E-state index contributed by atoms with van der Waals surface area (Å²) < 4.78 is 1.67. The summed E-state index contributed by atoms with van der Waals surface area (Å²) in [7, 11) is 1.75. The normalized spacial score (nSPS) is 9.45. The van der Waals surface area contributed by atoms with Crippen LogP contribution < -0.4 is 22.3 Å². The first kappa shape index (κ1) is 17.3. The van der Waals surface area contributed by atoms with E-state index in [0.29, 0.717) is 16.6 Å². The largest absolute Gasteiger partial charge is 0.369 e. The molecule has 0 saturated heterocycles. The number of amides is 1. The zero-order valence-corrected chi connectivity index (χ0v) is 12.9. The minimum atomic E-state index is -0.344. The SMILES string of the molecule is CC.Cn1cc(C#CCNC(=O)CN)c2c(=O)[nH]c(N)nc21. The number of anilines is 1. The Morgan fingerprint density at radius 1 is 1.50 bits per heavy atom. The van der Waals surface area contributed by atoms with E-state index < -0.39 is 0 Å².